The topological polar surface area (TPSA) is 154 Å². The third-order valence-electron chi connectivity index (χ3n) is 14.5. The number of H-pyrrole nitrogens is 1. The maximum absolute atomic E-state index is 15.8. The maximum Gasteiger partial charge on any atom is 0.301 e. The number of carbonyl (C=O) groups is 3. The van der Waals surface area contributed by atoms with Gasteiger partial charge in [-0.15, -0.1) is 0 Å². The van der Waals surface area contributed by atoms with E-state index >= 15 is 8.78 Å². The zero-order valence-corrected chi connectivity index (χ0v) is 38.8. The molecule has 14 nitrogen and oxygen atoms in total. The molecule has 4 saturated heterocycles. The van der Waals surface area contributed by atoms with Crippen LogP contribution in [0, 0.1) is 17.6 Å². The first kappa shape index (κ1) is 45.5. The second-order valence-electron chi connectivity index (χ2n) is 19.0. The summed E-state index contributed by atoms with van der Waals surface area (Å²) < 4.78 is 73.3. The van der Waals surface area contributed by atoms with Gasteiger partial charge in [-0.25, -0.2) is 18.2 Å². The molecule has 4 atom stereocenters. The van der Waals surface area contributed by atoms with Gasteiger partial charge in [-0.2, -0.15) is 12.7 Å². The minimum absolute atomic E-state index is 0.00509. The van der Waals surface area contributed by atoms with Crippen LogP contribution >= 0.6 is 0 Å². The van der Waals surface area contributed by atoms with E-state index in [1.807, 2.05) is 24.3 Å². The standard InChI is InChI=1S/C50H54F3N9O5S/c1-29-4-13-44(49(64)56-29)62-27-35-20-38(9-10-39(35)50(62)65)58-17-14-32(15-18-58)26-61-30(2)24-59(25-31(61)3)37-7-5-33(6-8-37)34-21-40-41(23-55-48(40)54-22-34)47(63)45-42(52)11-12-43(46(45)53)57-68(66,67)60-19-16-36(51)28-60/h5-12,20-23,30-32,36,44,57H,1,4,13-19,24-28H2,2-3H3,(H,54,55)(H,56,64)/t30-,31+,36-,44?/m1/s1. The highest BCUT2D eigenvalue weighted by atomic mass is 32.2. The summed E-state index contributed by atoms with van der Waals surface area (Å²) in [5.74, 6) is -3.22. The van der Waals surface area contributed by atoms with Crippen LogP contribution in [0.2, 0.25) is 0 Å². The lowest BCUT2D eigenvalue weighted by Crippen LogP contribution is -2.58. The molecule has 0 saturated carbocycles. The Kier molecular flexibility index (Phi) is 12.1. The number of allylic oxidation sites excluding steroid dienone is 1. The van der Waals surface area contributed by atoms with E-state index in [-0.39, 0.29) is 36.9 Å². The minimum Gasteiger partial charge on any atom is -0.372 e. The van der Waals surface area contributed by atoms with Crippen LogP contribution in [0.4, 0.5) is 30.2 Å². The molecule has 1 unspecified atom stereocenters. The van der Waals surface area contributed by atoms with E-state index in [2.05, 4.69) is 73.3 Å². The third kappa shape index (κ3) is 8.62. The molecule has 0 bridgehead atoms. The van der Waals surface area contributed by atoms with Gasteiger partial charge in [0.25, 0.3) is 5.91 Å². The van der Waals surface area contributed by atoms with Crippen LogP contribution in [0.15, 0.2) is 85.3 Å². The number of hydrogen-bond donors (Lipinski definition) is 3. The molecule has 5 aliphatic rings. The Balaban J connectivity index is 0.754. The SMILES string of the molecule is C=C1CCC(N2Cc3cc(N4CCC(CN5[C@H](C)CN(c6ccc(-c7cnc8[nH]cc(C(=O)c9c(F)ccc(NS(=O)(=O)N%10CC[C@@H](F)C%10)c9F)c8c7)cc6)C[C@@H]5C)CC4)ccc3C2=O)C(=O)N1. The molecule has 5 aliphatic heterocycles. The van der Waals surface area contributed by atoms with E-state index in [0.717, 1.165) is 84.5 Å². The number of piperazine rings is 1. The zero-order valence-electron chi connectivity index (χ0n) is 38.0. The van der Waals surface area contributed by atoms with E-state index in [4.69, 9.17) is 0 Å². The molecule has 0 radical (unpaired) electrons. The Bertz CT molecular complexity index is 2930. The van der Waals surface area contributed by atoms with Crippen molar-refractivity contribution in [3.63, 3.8) is 0 Å². The van der Waals surface area contributed by atoms with Gasteiger partial charge in [0.2, 0.25) is 11.7 Å². The van der Waals surface area contributed by atoms with E-state index in [0.29, 0.717) is 65.2 Å². The van der Waals surface area contributed by atoms with Gasteiger partial charge in [-0.3, -0.25) is 24.0 Å². The molecular weight excluding hydrogens is 896 g/mol. The summed E-state index contributed by atoms with van der Waals surface area (Å²) in [4.78, 5) is 56.3. The molecule has 2 aromatic heterocycles. The number of aromatic nitrogens is 2. The number of rotatable bonds is 11. The van der Waals surface area contributed by atoms with Gasteiger partial charge in [-0.1, -0.05) is 18.7 Å². The van der Waals surface area contributed by atoms with Crippen LogP contribution in [-0.2, 0) is 21.5 Å². The molecule has 3 aromatic carbocycles. The fraction of sp³-hybridized carbons (Fsp3) is 0.400. The first-order valence-corrected chi connectivity index (χ1v) is 24.8. The van der Waals surface area contributed by atoms with Crippen LogP contribution in [0.1, 0.15) is 77.8 Å². The van der Waals surface area contributed by atoms with Crippen LogP contribution < -0.4 is 19.8 Å². The fourth-order valence-electron chi connectivity index (χ4n) is 10.7. The Morgan fingerprint density at radius 2 is 1.62 bits per heavy atom. The minimum atomic E-state index is -4.36. The Morgan fingerprint density at radius 3 is 2.32 bits per heavy atom. The van der Waals surface area contributed by atoms with Crippen molar-refractivity contribution in [2.75, 3.05) is 60.3 Å². The number of anilines is 3. The number of halogens is 3. The first-order chi connectivity index (χ1) is 32.6. The van der Waals surface area contributed by atoms with Crippen LogP contribution in [-0.4, -0.2) is 120 Å². The lowest BCUT2D eigenvalue weighted by atomic mass is 9.93. The predicted octanol–water partition coefficient (Wildman–Crippen LogP) is 7.00. The summed E-state index contributed by atoms with van der Waals surface area (Å²) in [5, 5.41) is 3.15. The molecule has 0 spiro atoms. The highest BCUT2D eigenvalue weighted by Crippen LogP contribution is 2.35. The molecule has 10 rings (SSSR count). The third-order valence-corrected chi connectivity index (χ3v) is 16.0. The van der Waals surface area contributed by atoms with Gasteiger partial charge in [-0.05, 0) is 112 Å². The second-order valence-corrected chi connectivity index (χ2v) is 20.7. The van der Waals surface area contributed by atoms with Crippen LogP contribution in [0.5, 0.6) is 0 Å². The van der Waals surface area contributed by atoms with Crippen LogP contribution in [0.3, 0.4) is 0 Å². The van der Waals surface area contributed by atoms with Gasteiger partial charge in [0.1, 0.15) is 23.7 Å². The number of ketones is 1. The van der Waals surface area contributed by atoms with Crippen molar-refractivity contribution in [2.24, 2.45) is 5.92 Å². The number of amides is 2. The van der Waals surface area contributed by atoms with Gasteiger partial charge in [0, 0.05) is 116 Å². The number of piperidine rings is 2. The number of nitrogens with zero attached hydrogens (tertiary/aromatic N) is 6. The Labute approximate surface area is 393 Å². The highest BCUT2D eigenvalue weighted by molar-refractivity contribution is 7.90. The lowest BCUT2D eigenvalue weighted by molar-refractivity contribution is -0.126. The van der Waals surface area contributed by atoms with E-state index in [1.54, 1.807) is 17.2 Å². The lowest BCUT2D eigenvalue weighted by Gasteiger charge is -2.47. The monoisotopic (exact) mass is 949 g/mol. The van der Waals surface area contributed by atoms with Crippen molar-refractivity contribution in [1.29, 1.82) is 0 Å². The number of nitrogens with one attached hydrogen (secondary N) is 3. The number of pyridine rings is 1. The summed E-state index contributed by atoms with van der Waals surface area (Å²) >= 11 is 0. The number of hydrogen-bond acceptors (Lipinski definition) is 9. The maximum atomic E-state index is 15.8. The Morgan fingerprint density at radius 1 is 0.882 bits per heavy atom. The predicted molar refractivity (Wildman–Crippen MR) is 254 cm³/mol. The van der Waals surface area contributed by atoms with Gasteiger partial charge >= 0.3 is 10.2 Å². The fourth-order valence-corrected chi connectivity index (χ4v) is 12.0. The molecular formula is C50H54F3N9O5S. The van der Waals surface area contributed by atoms with Crippen molar-refractivity contribution in [1.82, 2.24) is 29.4 Å². The van der Waals surface area contributed by atoms with Crippen molar-refractivity contribution in [3.8, 4) is 11.1 Å². The van der Waals surface area contributed by atoms with Crippen molar-refractivity contribution in [3.05, 3.63) is 119 Å². The highest BCUT2D eigenvalue weighted by Gasteiger charge is 2.39. The van der Waals surface area contributed by atoms with E-state index < -0.39 is 51.1 Å². The van der Waals surface area contributed by atoms with Crippen molar-refractivity contribution >= 4 is 55.9 Å². The van der Waals surface area contributed by atoms with Gasteiger partial charge < -0.3 is 25.0 Å². The first-order valence-electron chi connectivity index (χ1n) is 23.3. The largest absolute Gasteiger partial charge is 0.372 e. The zero-order chi connectivity index (χ0) is 47.6. The van der Waals surface area contributed by atoms with E-state index in [1.165, 1.54) is 6.20 Å². The van der Waals surface area contributed by atoms with Crippen LogP contribution in [0.25, 0.3) is 22.2 Å². The summed E-state index contributed by atoms with van der Waals surface area (Å²) in [5.41, 5.74) is 4.81. The van der Waals surface area contributed by atoms with Gasteiger partial charge in [0.15, 0.2) is 5.82 Å². The number of fused-ring (bicyclic) bond motifs is 2. The molecule has 0 aliphatic carbocycles. The number of carbonyl (C=O) groups excluding carboxylic acids is 3. The molecule has 356 valence electrons. The number of alkyl halides is 1. The summed E-state index contributed by atoms with van der Waals surface area (Å²) in [7, 11) is -4.36. The molecule has 3 N–H and O–H groups in total. The summed E-state index contributed by atoms with van der Waals surface area (Å²) in [6.45, 7) is 13.0. The normalized spacial score (nSPS) is 23.1. The quantitative estimate of drug-likeness (QED) is 0.119. The Hall–Kier alpha value is -6.24. The molecule has 5 aromatic rings. The summed E-state index contributed by atoms with van der Waals surface area (Å²) in [6.07, 6.45) is 5.04. The average molecular weight is 950 g/mol. The summed E-state index contributed by atoms with van der Waals surface area (Å²) in [6, 6.07) is 17.8. The van der Waals surface area contributed by atoms with Gasteiger partial charge in [0.05, 0.1) is 11.3 Å². The van der Waals surface area contributed by atoms with Crippen molar-refractivity contribution < 1.29 is 36.0 Å². The molecule has 7 heterocycles. The smallest absolute Gasteiger partial charge is 0.301 e. The average Bonchev–Trinajstić information content (AvgIpc) is 4.05. The van der Waals surface area contributed by atoms with E-state index in [9.17, 15) is 27.2 Å². The molecule has 18 heteroatoms. The second kappa shape index (κ2) is 18.0. The molecule has 2 amide bonds. The molecule has 4 fully saturated rings. The number of aromatic amines is 1. The molecule has 68 heavy (non-hydrogen) atoms. The van der Waals surface area contributed by atoms with Crippen molar-refractivity contribution in [2.45, 2.75) is 76.8 Å². The number of benzene rings is 3.